The molecule has 6 heteroatoms. The van der Waals surface area contributed by atoms with Crippen molar-refractivity contribution in [1.82, 2.24) is 4.98 Å². The lowest BCUT2D eigenvalue weighted by molar-refractivity contribution is 0.0698. The van der Waals surface area contributed by atoms with Gasteiger partial charge in [0.15, 0.2) is 0 Å². The number of nitrogens with one attached hydrogen (secondary N) is 1. The fourth-order valence-electron chi connectivity index (χ4n) is 1.81. The van der Waals surface area contributed by atoms with Gasteiger partial charge >= 0.3 is 12.0 Å². The Balaban J connectivity index is 2.22. The SMILES string of the molecule is Cc1ccc(NC(=O)N(C)c2cccnc2)c(C(=O)O)c1. The zero-order valence-corrected chi connectivity index (χ0v) is 11.7. The van der Waals surface area contributed by atoms with Gasteiger partial charge < -0.3 is 10.4 Å². The van der Waals surface area contributed by atoms with Crippen LogP contribution in [0.1, 0.15) is 15.9 Å². The van der Waals surface area contributed by atoms with Gasteiger partial charge in [0.2, 0.25) is 0 Å². The Kier molecular flexibility index (Phi) is 4.18. The van der Waals surface area contributed by atoms with Crippen molar-refractivity contribution >= 4 is 23.4 Å². The van der Waals surface area contributed by atoms with Crippen LogP contribution in [0.5, 0.6) is 0 Å². The molecule has 0 aliphatic heterocycles. The fraction of sp³-hybridized carbons (Fsp3) is 0.133. The highest BCUT2D eigenvalue weighted by Gasteiger charge is 2.16. The lowest BCUT2D eigenvalue weighted by Gasteiger charge is -2.18. The molecule has 0 unspecified atom stereocenters. The van der Waals surface area contributed by atoms with Crippen molar-refractivity contribution in [2.75, 3.05) is 17.3 Å². The number of aromatic carboxylic acids is 1. The third-order valence-corrected chi connectivity index (χ3v) is 2.98. The van der Waals surface area contributed by atoms with E-state index in [0.29, 0.717) is 5.69 Å². The number of benzene rings is 1. The number of pyridine rings is 1. The van der Waals surface area contributed by atoms with Gasteiger partial charge in [0.05, 0.1) is 23.1 Å². The Morgan fingerprint density at radius 3 is 2.67 bits per heavy atom. The predicted octanol–water partition coefficient (Wildman–Crippen LogP) is 2.76. The van der Waals surface area contributed by atoms with Gasteiger partial charge in [0.25, 0.3) is 0 Å². The summed E-state index contributed by atoms with van der Waals surface area (Å²) in [6.07, 6.45) is 3.16. The lowest BCUT2D eigenvalue weighted by atomic mass is 10.1. The number of carbonyl (C=O) groups is 2. The van der Waals surface area contributed by atoms with Gasteiger partial charge in [-0.25, -0.2) is 9.59 Å². The van der Waals surface area contributed by atoms with Crippen LogP contribution < -0.4 is 10.2 Å². The number of hydrogen-bond donors (Lipinski definition) is 2. The monoisotopic (exact) mass is 285 g/mol. The Bertz CT molecular complexity index is 671. The molecule has 0 atom stereocenters. The Labute approximate surface area is 122 Å². The number of urea groups is 1. The molecule has 1 aromatic heterocycles. The number of aryl methyl sites for hydroxylation is 1. The van der Waals surface area contributed by atoms with Crippen molar-refractivity contribution in [3.8, 4) is 0 Å². The molecular formula is C15H15N3O3. The van der Waals surface area contributed by atoms with Gasteiger partial charge in [0, 0.05) is 13.2 Å². The number of carbonyl (C=O) groups excluding carboxylic acids is 1. The van der Waals surface area contributed by atoms with Crippen LogP contribution in [0.4, 0.5) is 16.2 Å². The second-order valence-corrected chi connectivity index (χ2v) is 4.55. The standard InChI is InChI=1S/C15H15N3O3/c1-10-5-6-13(12(8-10)14(19)20)17-15(21)18(2)11-4-3-7-16-9-11/h3-9H,1-2H3,(H,17,21)(H,19,20). The number of nitrogens with zero attached hydrogens (tertiary/aromatic N) is 2. The largest absolute Gasteiger partial charge is 0.478 e. The van der Waals surface area contributed by atoms with Crippen molar-refractivity contribution in [3.63, 3.8) is 0 Å². The Morgan fingerprint density at radius 2 is 2.05 bits per heavy atom. The van der Waals surface area contributed by atoms with Crippen molar-refractivity contribution in [2.24, 2.45) is 0 Å². The Morgan fingerprint density at radius 1 is 1.29 bits per heavy atom. The molecule has 0 aliphatic rings. The molecule has 0 aliphatic carbocycles. The molecule has 108 valence electrons. The van der Waals surface area contributed by atoms with Crippen molar-refractivity contribution in [1.29, 1.82) is 0 Å². The van der Waals surface area contributed by atoms with Crippen molar-refractivity contribution < 1.29 is 14.7 Å². The first-order valence-electron chi connectivity index (χ1n) is 6.27. The van der Waals surface area contributed by atoms with E-state index in [1.807, 2.05) is 0 Å². The third-order valence-electron chi connectivity index (χ3n) is 2.98. The zero-order chi connectivity index (χ0) is 15.4. The third kappa shape index (κ3) is 3.36. The summed E-state index contributed by atoms with van der Waals surface area (Å²) < 4.78 is 0. The fourth-order valence-corrected chi connectivity index (χ4v) is 1.81. The summed E-state index contributed by atoms with van der Waals surface area (Å²) in [7, 11) is 1.58. The van der Waals surface area contributed by atoms with Crippen LogP contribution in [0, 0.1) is 6.92 Å². The molecule has 2 aromatic rings. The molecular weight excluding hydrogens is 270 g/mol. The molecule has 2 rings (SSSR count). The van der Waals surface area contributed by atoms with E-state index in [1.165, 1.54) is 11.0 Å². The number of aromatic nitrogens is 1. The molecule has 0 saturated heterocycles. The first-order valence-corrected chi connectivity index (χ1v) is 6.27. The van der Waals surface area contributed by atoms with Gasteiger partial charge in [-0.2, -0.15) is 0 Å². The smallest absolute Gasteiger partial charge is 0.337 e. The van der Waals surface area contributed by atoms with E-state index in [1.54, 1.807) is 50.6 Å². The number of rotatable bonds is 3. The maximum atomic E-state index is 12.2. The van der Waals surface area contributed by atoms with Gasteiger partial charge in [0.1, 0.15) is 0 Å². The lowest BCUT2D eigenvalue weighted by Crippen LogP contribution is -2.31. The topological polar surface area (TPSA) is 82.5 Å². The molecule has 0 spiro atoms. The first kappa shape index (κ1) is 14.5. The molecule has 0 radical (unpaired) electrons. The van der Waals surface area contributed by atoms with E-state index in [9.17, 15) is 14.7 Å². The quantitative estimate of drug-likeness (QED) is 0.908. The zero-order valence-electron chi connectivity index (χ0n) is 11.7. The van der Waals surface area contributed by atoms with Crippen LogP contribution in [0.25, 0.3) is 0 Å². The van der Waals surface area contributed by atoms with Gasteiger partial charge in [-0.1, -0.05) is 11.6 Å². The minimum atomic E-state index is -1.09. The maximum Gasteiger partial charge on any atom is 0.337 e. The van der Waals surface area contributed by atoms with Gasteiger partial charge in [-0.3, -0.25) is 9.88 Å². The normalized spacial score (nSPS) is 10.0. The second kappa shape index (κ2) is 6.04. The molecule has 0 fully saturated rings. The molecule has 1 aromatic carbocycles. The average Bonchev–Trinajstić information content (AvgIpc) is 2.49. The minimum Gasteiger partial charge on any atom is -0.478 e. The number of carboxylic acid groups (broad SMARTS) is 1. The van der Waals surface area contributed by atoms with E-state index in [-0.39, 0.29) is 11.3 Å². The summed E-state index contributed by atoms with van der Waals surface area (Å²) in [6.45, 7) is 1.79. The van der Waals surface area contributed by atoms with Crippen LogP contribution in [0.15, 0.2) is 42.7 Å². The summed E-state index contributed by atoms with van der Waals surface area (Å²) in [6, 6.07) is 7.85. The molecule has 0 saturated carbocycles. The van der Waals surface area contributed by atoms with E-state index >= 15 is 0 Å². The molecule has 1 heterocycles. The second-order valence-electron chi connectivity index (χ2n) is 4.55. The van der Waals surface area contributed by atoms with E-state index in [2.05, 4.69) is 10.3 Å². The van der Waals surface area contributed by atoms with Crippen LogP contribution in [-0.4, -0.2) is 29.1 Å². The van der Waals surface area contributed by atoms with Gasteiger partial charge in [-0.15, -0.1) is 0 Å². The van der Waals surface area contributed by atoms with Crippen molar-refractivity contribution in [3.05, 3.63) is 53.9 Å². The summed E-state index contributed by atoms with van der Waals surface area (Å²) >= 11 is 0. The summed E-state index contributed by atoms with van der Waals surface area (Å²) in [5.41, 5.74) is 1.74. The molecule has 6 nitrogen and oxygen atoms in total. The highest BCUT2D eigenvalue weighted by atomic mass is 16.4. The number of amides is 2. The van der Waals surface area contributed by atoms with Crippen LogP contribution >= 0.6 is 0 Å². The van der Waals surface area contributed by atoms with Crippen LogP contribution in [0.3, 0.4) is 0 Å². The van der Waals surface area contributed by atoms with E-state index < -0.39 is 12.0 Å². The molecule has 0 bridgehead atoms. The number of carboxylic acids is 1. The minimum absolute atomic E-state index is 0.0583. The van der Waals surface area contributed by atoms with Crippen molar-refractivity contribution in [2.45, 2.75) is 6.92 Å². The summed E-state index contributed by atoms with van der Waals surface area (Å²) in [5, 5.41) is 11.8. The van der Waals surface area contributed by atoms with Crippen LogP contribution in [0.2, 0.25) is 0 Å². The van der Waals surface area contributed by atoms with E-state index in [4.69, 9.17) is 0 Å². The average molecular weight is 285 g/mol. The molecule has 2 amide bonds. The molecule has 21 heavy (non-hydrogen) atoms. The Hall–Kier alpha value is -2.89. The van der Waals surface area contributed by atoms with Crippen LogP contribution in [-0.2, 0) is 0 Å². The number of anilines is 2. The van der Waals surface area contributed by atoms with Gasteiger partial charge in [-0.05, 0) is 31.2 Å². The van der Waals surface area contributed by atoms with E-state index in [0.717, 1.165) is 5.56 Å². The first-order chi connectivity index (χ1) is 9.99. The summed E-state index contributed by atoms with van der Waals surface area (Å²) in [5.74, 6) is -1.09. The maximum absolute atomic E-state index is 12.2. The highest BCUT2D eigenvalue weighted by Crippen LogP contribution is 2.19. The highest BCUT2D eigenvalue weighted by molar-refractivity contribution is 6.05. The predicted molar refractivity (Wildman–Crippen MR) is 79.8 cm³/mol. The summed E-state index contributed by atoms with van der Waals surface area (Å²) in [4.78, 5) is 28.7. The molecule has 2 N–H and O–H groups in total. The number of hydrogen-bond acceptors (Lipinski definition) is 3.